The van der Waals surface area contributed by atoms with Gasteiger partial charge in [-0.05, 0) is 18.6 Å². The molecule has 2 rings (SSSR count). The zero-order chi connectivity index (χ0) is 14.2. The third-order valence-electron chi connectivity index (χ3n) is 2.70. The quantitative estimate of drug-likeness (QED) is 0.783. The van der Waals surface area contributed by atoms with Gasteiger partial charge in [-0.15, -0.1) is 0 Å². The molecule has 4 N–H and O–H groups in total. The second-order valence-corrected chi connectivity index (χ2v) is 6.06. The van der Waals surface area contributed by atoms with Crippen LogP contribution in [0.1, 0.15) is 13.3 Å². The number of nitrogens with zero attached hydrogens (tertiary/aromatic N) is 1. The monoisotopic (exact) mass is 283 g/mol. The van der Waals surface area contributed by atoms with E-state index in [0.717, 1.165) is 0 Å². The molecule has 1 aromatic carbocycles. The van der Waals surface area contributed by atoms with Crippen LogP contribution in [0.4, 0.5) is 5.69 Å². The smallest absolute Gasteiger partial charge is 0.316 e. The summed E-state index contributed by atoms with van der Waals surface area (Å²) in [6.45, 7) is 1.55. The van der Waals surface area contributed by atoms with E-state index in [9.17, 15) is 13.2 Å². The molecule has 0 radical (unpaired) electrons. The predicted octanol–water partition coefficient (Wildman–Crippen LogP) is 0.448. The number of oxazole rings is 1. The Morgan fingerprint density at radius 1 is 1.47 bits per heavy atom. The Hall–Kier alpha value is -2.09. The molecule has 7 nitrogen and oxygen atoms in total. The van der Waals surface area contributed by atoms with E-state index in [1.165, 1.54) is 6.07 Å². The first-order valence-electron chi connectivity index (χ1n) is 5.55. The van der Waals surface area contributed by atoms with Crippen molar-refractivity contribution in [2.24, 2.45) is 5.73 Å². The summed E-state index contributed by atoms with van der Waals surface area (Å²) in [5, 5.41) is -1.86. The van der Waals surface area contributed by atoms with Crippen LogP contribution in [0.25, 0.3) is 11.1 Å². The molecule has 1 amide bonds. The van der Waals surface area contributed by atoms with Crippen LogP contribution < -0.4 is 11.5 Å². The molecular weight excluding hydrogens is 270 g/mol. The molecule has 0 spiro atoms. The van der Waals surface area contributed by atoms with Crippen LogP contribution in [0.5, 0.6) is 0 Å². The lowest BCUT2D eigenvalue weighted by Gasteiger charge is -2.08. The Balaban J connectivity index is 2.57. The SMILES string of the molecule is CCC(C(N)=O)S(=O)(=O)c1nc2ccc(N)cc2o1. The molecule has 0 aliphatic rings. The Morgan fingerprint density at radius 3 is 2.74 bits per heavy atom. The lowest BCUT2D eigenvalue weighted by molar-refractivity contribution is -0.117. The third-order valence-corrected chi connectivity index (χ3v) is 4.68. The average molecular weight is 283 g/mol. The summed E-state index contributed by atoms with van der Waals surface area (Å²) in [6.07, 6.45) is 0.0541. The topological polar surface area (TPSA) is 129 Å². The van der Waals surface area contributed by atoms with Crippen molar-refractivity contribution in [3.05, 3.63) is 18.2 Å². The molecule has 0 saturated carbocycles. The first kappa shape index (κ1) is 13.3. The number of hydrogen-bond acceptors (Lipinski definition) is 6. The highest BCUT2D eigenvalue weighted by atomic mass is 32.2. The van der Waals surface area contributed by atoms with Crippen LogP contribution in [-0.4, -0.2) is 24.6 Å². The first-order chi connectivity index (χ1) is 8.86. The normalized spacial score (nSPS) is 13.5. The summed E-state index contributed by atoms with van der Waals surface area (Å²) in [7, 11) is -4.02. The van der Waals surface area contributed by atoms with Gasteiger partial charge in [-0.25, -0.2) is 8.42 Å². The molecule has 0 bridgehead atoms. The van der Waals surface area contributed by atoms with E-state index < -0.39 is 26.2 Å². The van der Waals surface area contributed by atoms with Crippen LogP contribution in [-0.2, 0) is 14.6 Å². The van der Waals surface area contributed by atoms with Crippen molar-refractivity contribution in [3.63, 3.8) is 0 Å². The fourth-order valence-corrected chi connectivity index (χ4v) is 3.16. The lowest BCUT2D eigenvalue weighted by Crippen LogP contribution is -2.35. The second-order valence-electron chi connectivity index (χ2n) is 4.05. The number of anilines is 1. The molecule has 1 unspecified atom stereocenters. The van der Waals surface area contributed by atoms with Crippen LogP contribution in [0.3, 0.4) is 0 Å². The first-order valence-corrected chi connectivity index (χ1v) is 7.10. The zero-order valence-electron chi connectivity index (χ0n) is 10.2. The molecule has 0 aliphatic carbocycles. The summed E-state index contributed by atoms with van der Waals surface area (Å²) in [6, 6.07) is 4.58. The fraction of sp³-hybridized carbons (Fsp3) is 0.273. The molecule has 0 aliphatic heterocycles. The molecule has 0 saturated heterocycles. The summed E-state index contributed by atoms with van der Waals surface area (Å²) in [5.74, 6) is -0.927. The molecule has 19 heavy (non-hydrogen) atoms. The zero-order valence-corrected chi connectivity index (χ0v) is 11.0. The van der Waals surface area contributed by atoms with Gasteiger partial charge in [-0.1, -0.05) is 6.92 Å². The van der Waals surface area contributed by atoms with Crippen molar-refractivity contribution >= 4 is 32.5 Å². The maximum atomic E-state index is 12.2. The van der Waals surface area contributed by atoms with E-state index >= 15 is 0 Å². The van der Waals surface area contributed by atoms with Crippen molar-refractivity contribution in [2.75, 3.05) is 5.73 Å². The number of rotatable bonds is 4. The third kappa shape index (κ3) is 2.26. The summed E-state index contributed by atoms with van der Waals surface area (Å²) in [5.41, 5.74) is 11.7. The van der Waals surface area contributed by atoms with Crippen molar-refractivity contribution in [1.29, 1.82) is 0 Å². The Morgan fingerprint density at radius 2 is 2.16 bits per heavy atom. The highest BCUT2D eigenvalue weighted by molar-refractivity contribution is 7.92. The summed E-state index contributed by atoms with van der Waals surface area (Å²) >= 11 is 0. The van der Waals surface area contributed by atoms with E-state index in [1.807, 2.05) is 0 Å². The van der Waals surface area contributed by atoms with Gasteiger partial charge in [-0.2, -0.15) is 4.98 Å². The Kier molecular flexibility index (Phi) is 3.19. The number of nitrogen functional groups attached to an aromatic ring is 1. The number of amides is 1. The standard InChI is InChI=1S/C11H13N3O4S/c1-2-9(10(13)15)19(16,17)11-14-7-4-3-6(12)5-8(7)18-11/h3-5,9H,2,12H2,1H3,(H2,13,15). The van der Waals surface area contributed by atoms with E-state index in [2.05, 4.69) is 4.98 Å². The maximum absolute atomic E-state index is 12.2. The number of carbonyl (C=O) groups excluding carboxylic acids is 1. The molecule has 1 heterocycles. The summed E-state index contributed by atoms with van der Waals surface area (Å²) < 4.78 is 29.5. The number of nitrogens with two attached hydrogens (primary N) is 2. The minimum Gasteiger partial charge on any atom is -0.428 e. The van der Waals surface area contributed by atoms with Crippen LogP contribution in [0, 0.1) is 0 Å². The van der Waals surface area contributed by atoms with Crippen molar-refractivity contribution in [2.45, 2.75) is 23.8 Å². The number of fused-ring (bicyclic) bond motifs is 1. The van der Waals surface area contributed by atoms with Gasteiger partial charge in [0.1, 0.15) is 10.8 Å². The van der Waals surface area contributed by atoms with Gasteiger partial charge in [0, 0.05) is 11.8 Å². The van der Waals surface area contributed by atoms with E-state index in [4.69, 9.17) is 15.9 Å². The number of sulfone groups is 1. The van der Waals surface area contributed by atoms with Gasteiger partial charge in [0.2, 0.25) is 15.7 Å². The molecule has 1 aromatic heterocycles. The number of aromatic nitrogens is 1. The van der Waals surface area contributed by atoms with Gasteiger partial charge < -0.3 is 15.9 Å². The lowest BCUT2D eigenvalue weighted by atomic mass is 10.3. The van der Waals surface area contributed by atoms with E-state index in [0.29, 0.717) is 11.2 Å². The van der Waals surface area contributed by atoms with E-state index in [1.54, 1.807) is 19.1 Å². The van der Waals surface area contributed by atoms with Gasteiger partial charge in [0.25, 0.3) is 0 Å². The van der Waals surface area contributed by atoms with Gasteiger partial charge in [0.05, 0.1) is 0 Å². The molecule has 0 fully saturated rings. The number of benzene rings is 1. The molecule has 8 heteroatoms. The largest absolute Gasteiger partial charge is 0.428 e. The van der Waals surface area contributed by atoms with Crippen molar-refractivity contribution in [1.82, 2.24) is 4.98 Å². The minimum atomic E-state index is -4.02. The highest BCUT2D eigenvalue weighted by Crippen LogP contribution is 2.24. The molecule has 102 valence electrons. The van der Waals surface area contributed by atoms with Gasteiger partial charge in [-0.3, -0.25) is 4.79 Å². The number of primary amides is 1. The molecule has 2 aromatic rings. The van der Waals surface area contributed by atoms with Crippen LogP contribution >= 0.6 is 0 Å². The molecular formula is C11H13N3O4S. The Labute approximate surface area is 109 Å². The van der Waals surface area contributed by atoms with Crippen molar-refractivity contribution < 1.29 is 17.6 Å². The average Bonchev–Trinajstić information content (AvgIpc) is 2.72. The van der Waals surface area contributed by atoms with Crippen LogP contribution in [0.2, 0.25) is 0 Å². The van der Waals surface area contributed by atoms with Crippen molar-refractivity contribution in [3.8, 4) is 0 Å². The van der Waals surface area contributed by atoms with E-state index in [-0.39, 0.29) is 12.0 Å². The van der Waals surface area contributed by atoms with Gasteiger partial charge >= 0.3 is 5.22 Å². The Bertz CT molecular complexity index is 735. The number of carbonyl (C=O) groups is 1. The van der Waals surface area contributed by atoms with Gasteiger partial charge in [0.15, 0.2) is 5.58 Å². The second kappa shape index (κ2) is 4.54. The minimum absolute atomic E-state index is 0.0541. The predicted molar refractivity (Wildman–Crippen MR) is 68.9 cm³/mol. The molecule has 1 atom stereocenters. The fourth-order valence-electron chi connectivity index (χ4n) is 1.74. The maximum Gasteiger partial charge on any atom is 0.316 e. The van der Waals surface area contributed by atoms with Crippen LogP contribution in [0.15, 0.2) is 27.8 Å². The summed E-state index contributed by atoms with van der Waals surface area (Å²) in [4.78, 5) is 15.0. The highest BCUT2D eigenvalue weighted by Gasteiger charge is 2.35. The number of hydrogen-bond donors (Lipinski definition) is 2.